The lowest BCUT2D eigenvalue weighted by Crippen LogP contribution is -2.48. The van der Waals surface area contributed by atoms with Crippen molar-refractivity contribution in [2.45, 2.75) is 33.4 Å². The van der Waals surface area contributed by atoms with Crippen LogP contribution < -0.4 is 0 Å². The van der Waals surface area contributed by atoms with Crippen molar-refractivity contribution < 1.29 is 14.1 Å². The molecule has 4 heterocycles. The number of aromatic nitrogens is 3. The van der Waals surface area contributed by atoms with Crippen molar-refractivity contribution in [2.75, 3.05) is 39.9 Å². The minimum absolute atomic E-state index is 0.149. The molecule has 1 amide bonds. The second-order valence-corrected chi connectivity index (χ2v) is 9.68. The van der Waals surface area contributed by atoms with Crippen LogP contribution in [0.15, 0.2) is 33.7 Å². The van der Waals surface area contributed by atoms with Crippen LogP contribution in [0.1, 0.15) is 35.8 Å². The summed E-state index contributed by atoms with van der Waals surface area (Å²) >= 11 is 1.57. The minimum Gasteiger partial charge on any atom is -0.383 e. The quantitative estimate of drug-likeness (QED) is 0.348. The van der Waals surface area contributed by atoms with E-state index in [0.717, 1.165) is 21.8 Å². The second kappa shape index (κ2) is 11.0. The van der Waals surface area contributed by atoms with Gasteiger partial charge in [0.1, 0.15) is 11.6 Å². The molecule has 1 aliphatic rings. The standard InChI is InChI=1S/C25H30N6O3S/c1-17-12-20(19(3)31(17)18(2)16-33-4)13-21(14-26)25(32)30-9-7-29(8-10-30)15-23-27-24(28-34-23)22-6-5-11-35-22/h5-6,11-13,18H,7-10,15-16H2,1-4H3/b21-13-. The first-order valence-corrected chi connectivity index (χ1v) is 12.5. The molecule has 3 aromatic rings. The van der Waals surface area contributed by atoms with E-state index in [4.69, 9.17) is 9.26 Å². The van der Waals surface area contributed by atoms with E-state index in [9.17, 15) is 10.1 Å². The normalized spacial score (nSPS) is 15.9. The molecule has 1 atom stereocenters. The molecule has 0 aliphatic carbocycles. The summed E-state index contributed by atoms with van der Waals surface area (Å²) in [6.45, 7) is 9.65. The minimum atomic E-state index is -0.236. The summed E-state index contributed by atoms with van der Waals surface area (Å²) in [7, 11) is 1.68. The van der Waals surface area contributed by atoms with Crippen LogP contribution in [-0.4, -0.2) is 70.3 Å². The van der Waals surface area contributed by atoms with Gasteiger partial charge in [-0.25, -0.2) is 0 Å². The SMILES string of the molecule is COCC(C)n1c(C)cc(/C=C(/C#N)C(=O)N2CCN(Cc3nc(-c4cccs4)no3)CC2)c1C. The Morgan fingerprint density at radius 2 is 2.11 bits per heavy atom. The third kappa shape index (κ3) is 5.53. The van der Waals surface area contributed by atoms with Crippen LogP contribution in [0.3, 0.4) is 0 Å². The molecule has 35 heavy (non-hydrogen) atoms. The second-order valence-electron chi connectivity index (χ2n) is 8.73. The van der Waals surface area contributed by atoms with Crippen LogP contribution in [0.5, 0.6) is 0 Å². The number of thiophene rings is 1. The largest absolute Gasteiger partial charge is 0.383 e. The molecule has 0 saturated carbocycles. The summed E-state index contributed by atoms with van der Waals surface area (Å²) in [5.41, 5.74) is 3.11. The number of carbonyl (C=O) groups is 1. The van der Waals surface area contributed by atoms with E-state index in [1.165, 1.54) is 0 Å². The van der Waals surface area contributed by atoms with Crippen molar-refractivity contribution in [3.05, 3.63) is 52.0 Å². The van der Waals surface area contributed by atoms with Gasteiger partial charge in [-0.05, 0) is 49.9 Å². The lowest BCUT2D eigenvalue weighted by Gasteiger charge is -2.33. The van der Waals surface area contributed by atoms with Crippen molar-refractivity contribution in [1.29, 1.82) is 5.26 Å². The van der Waals surface area contributed by atoms with Gasteiger partial charge in [0.15, 0.2) is 0 Å². The number of methoxy groups -OCH3 is 1. The Morgan fingerprint density at radius 1 is 1.34 bits per heavy atom. The van der Waals surface area contributed by atoms with E-state index in [0.29, 0.717) is 51.0 Å². The number of carbonyl (C=O) groups excluding carboxylic acids is 1. The Labute approximate surface area is 209 Å². The molecular formula is C25H30N6O3S. The van der Waals surface area contributed by atoms with E-state index >= 15 is 0 Å². The van der Waals surface area contributed by atoms with E-state index in [2.05, 4.69) is 32.6 Å². The van der Waals surface area contributed by atoms with Crippen molar-refractivity contribution in [3.63, 3.8) is 0 Å². The third-order valence-corrected chi connectivity index (χ3v) is 7.12. The van der Waals surface area contributed by atoms with E-state index in [1.54, 1.807) is 29.4 Å². The lowest BCUT2D eigenvalue weighted by molar-refractivity contribution is -0.128. The van der Waals surface area contributed by atoms with E-state index in [1.807, 2.05) is 37.4 Å². The van der Waals surface area contributed by atoms with Crippen LogP contribution >= 0.6 is 11.3 Å². The number of hydrogen-bond donors (Lipinski definition) is 0. The van der Waals surface area contributed by atoms with Crippen LogP contribution in [0.2, 0.25) is 0 Å². The van der Waals surface area contributed by atoms with Gasteiger partial charge < -0.3 is 18.7 Å². The molecule has 1 fully saturated rings. The summed E-state index contributed by atoms with van der Waals surface area (Å²) in [5.74, 6) is 0.923. The monoisotopic (exact) mass is 494 g/mol. The van der Waals surface area contributed by atoms with Crippen molar-refractivity contribution in [1.82, 2.24) is 24.5 Å². The summed E-state index contributed by atoms with van der Waals surface area (Å²) in [6.07, 6.45) is 1.71. The fourth-order valence-corrected chi connectivity index (χ4v) is 5.18. The number of ether oxygens (including phenoxy) is 1. The zero-order valence-electron chi connectivity index (χ0n) is 20.5. The molecule has 0 bridgehead atoms. The fraction of sp³-hybridized carbons (Fsp3) is 0.440. The van der Waals surface area contributed by atoms with Gasteiger partial charge in [0.05, 0.1) is 24.1 Å². The molecule has 1 saturated heterocycles. The number of piperazine rings is 1. The van der Waals surface area contributed by atoms with Crippen LogP contribution in [0, 0.1) is 25.2 Å². The molecule has 0 radical (unpaired) electrons. The summed E-state index contributed by atoms with van der Waals surface area (Å²) in [6, 6.07) is 8.21. The van der Waals surface area contributed by atoms with Crippen LogP contribution in [0.4, 0.5) is 0 Å². The molecular weight excluding hydrogens is 464 g/mol. The Kier molecular flexibility index (Phi) is 7.80. The van der Waals surface area contributed by atoms with Crippen molar-refractivity contribution in [3.8, 4) is 16.8 Å². The fourth-order valence-electron chi connectivity index (χ4n) is 4.54. The maximum Gasteiger partial charge on any atom is 0.264 e. The van der Waals surface area contributed by atoms with Crippen molar-refractivity contribution >= 4 is 23.3 Å². The van der Waals surface area contributed by atoms with E-state index < -0.39 is 0 Å². The van der Waals surface area contributed by atoms with Crippen LogP contribution in [0.25, 0.3) is 16.8 Å². The van der Waals surface area contributed by atoms with Gasteiger partial charge in [0, 0.05) is 44.7 Å². The van der Waals surface area contributed by atoms with E-state index in [-0.39, 0.29) is 17.5 Å². The first kappa shape index (κ1) is 24.9. The zero-order chi connectivity index (χ0) is 24.9. The number of hydrogen-bond acceptors (Lipinski definition) is 8. The van der Waals surface area contributed by atoms with Gasteiger partial charge in [-0.15, -0.1) is 11.3 Å². The number of nitriles is 1. The molecule has 184 valence electrons. The third-order valence-electron chi connectivity index (χ3n) is 6.25. The molecule has 1 aliphatic heterocycles. The van der Waals surface area contributed by atoms with Gasteiger partial charge in [0.2, 0.25) is 11.7 Å². The highest BCUT2D eigenvalue weighted by molar-refractivity contribution is 7.13. The molecule has 10 heteroatoms. The predicted molar refractivity (Wildman–Crippen MR) is 134 cm³/mol. The molecule has 4 rings (SSSR count). The number of aryl methyl sites for hydroxylation is 1. The Hall–Kier alpha value is -3.26. The average molecular weight is 495 g/mol. The highest BCUT2D eigenvalue weighted by Crippen LogP contribution is 2.24. The van der Waals surface area contributed by atoms with Gasteiger partial charge >= 0.3 is 0 Å². The summed E-state index contributed by atoms with van der Waals surface area (Å²) < 4.78 is 12.9. The van der Waals surface area contributed by atoms with Crippen LogP contribution in [-0.2, 0) is 16.1 Å². The first-order chi connectivity index (χ1) is 16.9. The highest BCUT2D eigenvalue weighted by Gasteiger charge is 2.25. The molecule has 9 nitrogen and oxygen atoms in total. The van der Waals surface area contributed by atoms with Gasteiger partial charge in [0.25, 0.3) is 5.91 Å². The Balaban J connectivity index is 1.38. The summed E-state index contributed by atoms with van der Waals surface area (Å²) in [5, 5.41) is 15.8. The molecule has 3 aromatic heterocycles. The zero-order valence-corrected chi connectivity index (χ0v) is 21.3. The summed E-state index contributed by atoms with van der Waals surface area (Å²) in [4.78, 5) is 22.5. The number of rotatable bonds is 8. The maximum absolute atomic E-state index is 13.1. The first-order valence-electron chi connectivity index (χ1n) is 11.6. The lowest BCUT2D eigenvalue weighted by atomic mass is 10.1. The molecule has 0 spiro atoms. The number of nitrogens with zero attached hydrogens (tertiary/aromatic N) is 6. The maximum atomic E-state index is 13.1. The Bertz CT molecular complexity index is 1230. The number of amides is 1. The topological polar surface area (TPSA) is 100 Å². The van der Waals surface area contributed by atoms with Gasteiger partial charge in [-0.3, -0.25) is 9.69 Å². The van der Waals surface area contributed by atoms with Crippen molar-refractivity contribution in [2.24, 2.45) is 0 Å². The smallest absolute Gasteiger partial charge is 0.264 e. The molecule has 1 unspecified atom stereocenters. The Morgan fingerprint density at radius 3 is 2.77 bits per heavy atom. The average Bonchev–Trinajstić information content (AvgIpc) is 3.59. The predicted octanol–water partition coefficient (Wildman–Crippen LogP) is 3.68. The van der Waals surface area contributed by atoms with Gasteiger partial charge in [-0.2, -0.15) is 10.2 Å². The molecule has 0 aromatic carbocycles. The highest BCUT2D eigenvalue weighted by atomic mass is 32.1. The van der Waals surface area contributed by atoms with Gasteiger partial charge in [-0.1, -0.05) is 11.2 Å². The molecule has 0 N–H and O–H groups in total.